The lowest BCUT2D eigenvalue weighted by molar-refractivity contribution is -0.141. The SMILES string of the molecule is O=C(O)[C@H](Cc1csc2ccccc12)N1C(=O)c2ccccc2C1=O. The average molecular weight is 351 g/mol. The highest BCUT2D eigenvalue weighted by Gasteiger charge is 2.42. The number of carbonyl (C=O) groups excluding carboxylic acids is 2. The van der Waals surface area contributed by atoms with Gasteiger partial charge in [-0.05, 0) is 34.5 Å². The Balaban J connectivity index is 1.73. The fourth-order valence-corrected chi connectivity index (χ4v) is 4.15. The second-order valence-corrected chi connectivity index (χ2v) is 6.75. The number of fused-ring (bicyclic) bond motifs is 2. The van der Waals surface area contributed by atoms with Gasteiger partial charge >= 0.3 is 5.97 Å². The molecule has 0 unspecified atom stereocenters. The third-order valence-electron chi connectivity index (χ3n) is 4.40. The lowest BCUT2D eigenvalue weighted by atomic mass is 10.0. The summed E-state index contributed by atoms with van der Waals surface area (Å²) in [6, 6.07) is 12.9. The maximum Gasteiger partial charge on any atom is 0.327 e. The number of rotatable bonds is 4. The first-order chi connectivity index (χ1) is 12.1. The zero-order valence-electron chi connectivity index (χ0n) is 13.0. The number of aliphatic carboxylic acids is 1. The van der Waals surface area contributed by atoms with E-state index in [0.717, 1.165) is 20.5 Å². The lowest BCUT2D eigenvalue weighted by Crippen LogP contribution is -2.46. The zero-order valence-corrected chi connectivity index (χ0v) is 13.8. The van der Waals surface area contributed by atoms with Gasteiger partial charge < -0.3 is 5.11 Å². The third-order valence-corrected chi connectivity index (χ3v) is 5.41. The minimum Gasteiger partial charge on any atom is -0.480 e. The molecular formula is C19H13NO4S. The predicted octanol–water partition coefficient (Wildman–Crippen LogP) is 3.19. The highest BCUT2D eigenvalue weighted by atomic mass is 32.1. The fourth-order valence-electron chi connectivity index (χ4n) is 3.18. The average Bonchev–Trinajstić information content (AvgIpc) is 3.13. The van der Waals surface area contributed by atoms with Gasteiger partial charge in [-0.3, -0.25) is 14.5 Å². The van der Waals surface area contributed by atoms with Gasteiger partial charge in [0, 0.05) is 11.1 Å². The van der Waals surface area contributed by atoms with Crippen molar-refractivity contribution in [2.24, 2.45) is 0 Å². The molecule has 25 heavy (non-hydrogen) atoms. The molecule has 1 aliphatic heterocycles. The normalized spacial score (nSPS) is 14.8. The number of carboxylic acid groups (broad SMARTS) is 1. The van der Waals surface area contributed by atoms with Crippen molar-refractivity contribution in [2.75, 3.05) is 0 Å². The van der Waals surface area contributed by atoms with Crippen LogP contribution in [0.15, 0.2) is 53.9 Å². The van der Waals surface area contributed by atoms with Crippen LogP contribution < -0.4 is 0 Å². The van der Waals surface area contributed by atoms with Crippen molar-refractivity contribution >= 4 is 39.2 Å². The number of hydrogen-bond donors (Lipinski definition) is 1. The van der Waals surface area contributed by atoms with Crippen LogP contribution in [0.2, 0.25) is 0 Å². The summed E-state index contributed by atoms with van der Waals surface area (Å²) in [6.07, 6.45) is 0.0881. The van der Waals surface area contributed by atoms with Crippen molar-refractivity contribution in [2.45, 2.75) is 12.5 Å². The van der Waals surface area contributed by atoms with E-state index in [0.29, 0.717) is 0 Å². The first kappa shape index (κ1) is 15.5. The molecule has 3 aromatic rings. The molecule has 2 aromatic carbocycles. The van der Waals surface area contributed by atoms with E-state index < -0.39 is 23.8 Å². The van der Waals surface area contributed by atoms with Crippen molar-refractivity contribution in [1.82, 2.24) is 4.90 Å². The summed E-state index contributed by atoms with van der Waals surface area (Å²) >= 11 is 1.52. The Bertz CT molecular complexity index is 988. The van der Waals surface area contributed by atoms with Crippen molar-refractivity contribution in [3.63, 3.8) is 0 Å². The monoisotopic (exact) mass is 351 g/mol. The van der Waals surface area contributed by atoms with Gasteiger partial charge in [0.2, 0.25) is 0 Å². The molecule has 1 aliphatic rings. The van der Waals surface area contributed by atoms with Crippen molar-refractivity contribution < 1.29 is 19.5 Å². The Morgan fingerprint density at radius 2 is 1.60 bits per heavy atom. The molecule has 2 amide bonds. The Morgan fingerprint density at radius 1 is 1.00 bits per heavy atom. The molecule has 0 saturated heterocycles. The van der Waals surface area contributed by atoms with E-state index in [2.05, 4.69) is 0 Å². The smallest absolute Gasteiger partial charge is 0.327 e. The summed E-state index contributed by atoms with van der Waals surface area (Å²) < 4.78 is 1.05. The van der Waals surface area contributed by atoms with Crippen LogP contribution in [0.1, 0.15) is 26.3 Å². The van der Waals surface area contributed by atoms with Crippen LogP contribution in [0.25, 0.3) is 10.1 Å². The molecule has 124 valence electrons. The molecule has 2 heterocycles. The lowest BCUT2D eigenvalue weighted by Gasteiger charge is -2.22. The van der Waals surface area contributed by atoms with Gasteiger partial charge in [-0.25, -0.2) is 4.79 Å². The standard InChI is InChI=1S/C19H13NO4S/c21-17-13-6-1-2-7-14(13)18(22)20(17)15(19(23)24)9-11-10-25-16-8-4-3-5-12(11)16/h1-8,10,15H,9H2,(H,23,24)/t15-/m0/s1. The number of benzene rings is 2. The van der Waals surface area contributed by atoms with Crippen LogP contribution in [0.4, 0.5) is 0 Å². The van der Waals surface area contributed by atoms with Crippen molar-refractivity contribution in [3.05, 3.63) is 70.6 Å². The van der Waals surface area contributed by atoms with Gasteiger partial charge in [0.1, 0.15) is 6.04 Å². The predicted molar refractivity (Wildman–Crippen MR) is 93.9 cm³/mol. The van der Waals surface area contributed by atoms with Gasteiger partial charge in [0.25, 0.3) is 11.8 Å². The summed E-state index contributed by atoms with van der Waals surface area (Å²) in [6.45, 7) is 0. The molecule has 5 nitrogen and oxygen atoms in total. The molecular weight excluding hydrogens is 338 g/mol. The molecule has 4 rings (SSSR count). The Kier molecular flexibility index (Phi) is 3.62. The topological polar surface area (TPSA) is 74.7 Å². The number of imide groups is 1. The Hall–Kier alpha value is -2.99. The maximum atomic E-state index is 12.6. The van der Waals surface area contributed by atoms with E-state index in [4.69, 9.17) is 0 Å². The second-order valence-electron chi connectivity index (χ2n) is 5.84. The third kappa shape index (κ3) is 2.42. The van der Waals surface area contributed by atoms with Crippen LogP contribution >= 0.6 is 11.3 Å². The van der Waals surface area contributed by atoms with Gasteiger partial charge in [0.15, 0.2) is 0 Å². The summed E-state index contributed by atoms with van der Waals surface area (Å²) in [7, 11) is 0. The summed E-state index contributed by atoms with van der Waals surface area (Å²) in [5.74, 6) is -2.29. The van der Waals surface area contributed by atoms with E-state index in [9.17, 15) is 19.5 Å². The number of hydrogen-bond acceptors (Lipinski definition) is 4. The minimum atomic E-state index is -1.23. The van der Waals surface area contributed by atoms with Crippen LogP contribution in [-0.2, 0) is 11.2 Å². The van der Waals surface area contributed by atoms with Crippen LogP contribution in [0.5, 0.6) is 0 Å². The van der Waals surface area contributed by atoms with E-state index in [1.807, 2.05) is 29.6 Å². The van der Waals surface area contributed by atoms with Crippen molar-refractivity contribution in [1.29, 1.82) is 0 Å². The van der Waals surface area contributed by atoms with Crippen molar-refractivity contribution in [3.8, 4) is 0 Å². The fraction of sp³-hybridized carbons (Fsp3) is 0.105. The number of thiophene rings is 1. The Labute approximate surface area is 147 Å². The molecule has 0 spiro atoms. The minimum absolute atomic E-state index is 0.0881. The van der Waals surface area contributed by atoms with Crippen LogP contribution in [0.3, 0.4) is 0 Å². The summed E-state index contributed by atoms with van der Waals surface area (Å²) in [5.41, 5.74) is 1.34. The summed E-state index contributed by atoms with van der Waals surface area (Å²) in [4.78, 5) is 37.9. The largest absolute Gasteiger partial charge is 0.480 e. The molecule has 0 fully saturated rings. The maximum absolute atomic E-state index is 12.6. The van der Waals surface area contributed by atoms with E-state index in [1.54, 1.807) is 24.3 Å². The van der Waals surface area contributed by atoms with Gasteiger partial charge in [0.05, 0.1) is 11.1 Å². The first-order valence-corrected chi connectivity index (χ1v) is 8.60. The molecule has 6 heteroatoms. The zero-order chi connectivity index (χ0) is 17.6. The molecule has 1 aromatic heterocycles. The van der Waals surface area contributed by atoms with Crippen LogP contribution in [-0.4, -0.2) is 33.8 Å². The van der Waals surface area contributed by atoms with E-state index >= 15 is 0 Å². The summed E-state index contributed by atoms with van der Waals surface area (Å²) in [5, 5.41) is 12.5. The van der Waals surface area contributed by atoms with Gasteiger partial charge in [-0.2, -0.15) is 0 Å². The van der Waals surface area contributed by atoms with Crippen LogP contribution in [0, 0.1) is 0 Å². The second kappa shape index (κ2) is 5.82. The highest BCUT2D eigenvalue weighted by molar-refractivity contribution is 7.17. The van der Waals surface area contributed by atoms with E-state index in [-0.39, 0.29) is 17.5 Å². The Morgan fingerprint density at radius 3 is 2.24 bits per heavy atom. The highest BCUT2D eigenvalue weighted by Crippen LogP contribution is 2.30. The number of carbonyl (C=O) groups is 3. The molecule has 1 atom stereocenters. The number of nitrogens with zero attached hydrogens (tertiary/aromatic N) is 1. The molecule has 0 saturated carbocycles. The molecule has 1 N–H and O–H groups in total. The van der Waals surface area contributed by atoms with Gasteiger partial charge in [-0.1, -0.05) is 30.3 Å². The first-order valence-electron chi connectivity index (χ1n) is 7.73. The van der Waals surface area contributed by atoms with Gasteiger partial charge in [-0.15, -0.1) is 11.3 Å². The number of carboxylic acids is 1. The molecule has 0 aliphatic carbocycles. The molecule has 0 radical (unpaired) electrons. The molecule has 0 bridgehead atoms. The van der Waals surface area contributed by atoms with E-state index in [1.165, 1.54) is 11.3 Å². The quantitative estimate of drug-likeness (QED) is 0.733. The number of amides is 2.